The van der Waals surface area contributed by atoms with Crippen molar-refractivity contribution in [1.29, 1.82) is 0 Å². The molecule has 1 aromatic carbocycles. The highest BCUT2D eigenvalue weighted by Crippen LogP contribution is 2.25. The smallest absolute Gasteiger partial charge is 0.00450 e. The molecule has 0 radical (unpaired) electrons. The van der Waals surface area contributed by atoms with E-state index in [1.807, 2.05) is 0 Å². The summed E-state index contributed by atoms with van der Waals surface area (Å²) in [5.74, 6) is 0.843. The van der Waals surface area contributed by atoms with Gasteiger partial charge in [0.05, 0.1) is 0 Å². The molecular formula is C14H22N2. The van der Waals surface area contributed by atoms with Gasteiger partial charge in [0.1, 0.15) is 0 Å². The highest BCUT2D eigenvalue weighted by molar-refractivity contribution is 5.14. The summed E-state index contributed by atoms with van der Waals surface area (Å²) < 4.78 is 0. The van der Waals surface area contributed by atoms with Crippen LogP contribution in [-0.2, 0) is 6.42 Å². The molecule has 1 aliphatic carbocycles. The minimum Gasteiger partial charge on any atom is -0.328 e. The average molecular weight is 218 g/mol. The maximum atomic E-state index is 5.79. The van der Waals surface area contributed by atoms with E-state index in [9.17, 15) is 0 Å². The summed E-state index contributed by atoms with van der Waals surface area (Å²) in [6.45, 7) is 2.36. The molecule has 2 rings (SSSR count). The zero-order valence-corrected chi connectivity index (χ0v) is 10.1. The van der Waals surface area contributed by atoms with Crippen molar-refractivity contribution < 1.29 is 0 Å². The molecule has 1 aliphatic rings. The first-order chi connectivity index (χ1) is 7.74. The lowest BCUT2D eigenvalue weighted by molar-refractivity contribution is 0.183. The van der Waals surface area contributed by atoms with Gasteiger partial charge in [0.25, 0.3) is 0 Å². The van der Waals surface area contributed by atoms with Gasteiger partial charge in [0.2, 0.25) is 0 Å². The van der Waals surface area contributed by atoms with E-state index in [0.717, 1.165) is 18.9 Å². The van der Waals surface area contributed by atoms with Gasteiger partial charge >= 0.3 is 0 Å². The van der Waals surface area contributed by atoms with E-state index in [1.54, 1.807) is 0 Å². The zero-order chi connectivity index (χ0) is 11.4. The fourth-order valence-corrected chi connectivity index (χ4v) is 2.43. The molecule has 1 fully saturated rings. The van der Waals surface area contributed by atoms with Crippen LogP contribution in [0.2, 0.25) is 0 Å². The van der Waals surface area contributed by atoms with Crippen molar-refractivity contribution in [3.8, 4) is 0 Å². The standard InChI is InChI=1S/C14H22N2/c1-16(11-13-9-14(15)10-13)8-7-12-5-3-2-4-6-12/h2-6,13-14H,7-11,15H2,1H3. The molecule has 0 amide bonds. The first-order valence-electron chi connectivity index (χ1n) is 6.22. The van der Waals surface area contributed by atoms with Gasteiger partial charge < -0.3 is 10.6 Å². The third-order valence-corrected chi connectivity index (χ3v) is 3.47. The van der Waals surface area contributed by atoms with Gasteiger partial charge in [-0.05, 0) is 37.8 Å². The van der Waals surface area contributed by atoms with Crippen LogP contribution in [0.1, 0.15) is 18.4 Å². The predicted octanol–water partition coefficient (Wildman–Crippen LogP) is 1.90. The van der Waals surface area contributed by atoms with Crippen LogP contribution in [0.3, 0.4) is 0 Å². The second-order valence-electron chi connectivity index (χ2n) is 5.10. The molecule has 0 bridgehead atoms. The highest BCUT2D eigenvalue weighted by atomic mass is 15.1. The normalized spacial score (nSPS) is 24.4. The molecule has 88 valence electrons. The summed E-state index contributed by atoms with van der Waals surface area (Å²) in [5.41, 5.74) is 7.22. The first-order valence-corrected chi connectivity index (χ1v) is 6.22. The third-order valence-electron chi connectivity index (χ3n) is 3.47. The Morgan fingerprint density at radius 3 is 2.56 bits per heavy atom. The van der Waals surface area contributed by atoms with Crippen molar-refractivity contribution in [2.75, 3.05) is 20.1 Å². The number of nitrogens with zero attached hydrogens (tertiary/aromatic N) is 1. The van der Waals surface area contributed by atoms with Crippen LogP contribution in [0, 0.1) is 5.92 Å². The highest BCUT2D eigenvalue weighted by Gasteiger charge is 2.26. The molecule has 0 atom stereocenters. The van der Waals surface area contributed by atoms with Gasteiger partial charge in [0.15, 0.2) is 0 Å². The molecule has 0 spiro atoms. The summed E-state index contributed by atoms with van der Waals surface area (Å²) in [5, 5.41) is 0. The van der Waals surface area contributed by atoms with Gasteiger partial charge in [-0.3, -0.25) is 0 Å². The van der Waals surface area contributed by atoms with Crippen LogP contribution in [0.25, 0.3) is 0 Å². The lowest BCUT2D eigenvalue weighted by atomic mass is 9.80. The van der Waals surface area contributed by atoms with E-state index >= 15 is 0 Å². The number of nitrogens with two attached hydrogens (primary N) is 1. The molecule has 16 heavy (non-hydrogen) atoms. The second kappa shape index (κ2) is 5.46. The van der Waals surface area contributed by atoms with Gasteiger partial charge in [-0.15, -0.1) is 0 Å². The Bertz CT molecular complexity index is 304. The van der Waals surface area contributed by atoms with Gasteiger partial charge in [-0.25, -0.2) is 0 Å². The van der Waals surface area contributed by atoms with Crippen molar-refractivity contribution in [3.05, 3.63) is 35.9 Å². The number of hydrogen-bond donors (Lipinski definition) is 1. The van der Waals surface area contributed by atoms with E-state index in [1.165, 1.54) is 24.9 Å². The van der Waals surface area contributed by atoms with Crippen molar-refractivity contribution in [2.24, 2.45) is 11.7 Å². The van der Waals surface area contributed by atoms with Crippen molar-refractivity contribution in [1.82, 2.24) is 4.90 Å². The van der Waals surface area contributed by atoms with Gasteiger partial charge in [-0.2, -0.15) is 0 Å². The number of benzene rings is 1. The topological polar surface area (TPSA) is 29.3 Å². The first kappa shape index (κ1) is 11.6. The fraction of sp³-hybridized carbons (Fsp3) is 0.571. The Balaban J connectivity index is 1.66. The van der Waals surface area contributed by atoms with E-state index in [2.05, 4.69) is 42.3 Å². The Labute approximate surface area is 98.4 Å². The third kappa shape index (κ3) is 3.32. The molecule has 2 N–H and O–H groups in total. The Morgan fingerprint density at radius 1 is 1.25 bits per heavy atom. The molecule has 1 aromatic rings. The maximum Gasteiger partial charge on any atom is 0.00450 e. The summed E-state index contributed by atoms with van der Waals surface area (Å²) in [6, 6.07) is 11.2. The molecule has 0 heterocycles. The van der Waals surface area contributed by atoms with Crippen LogP contribution in [-0.4, -0.2) is 31.1 Å². The second-order valence-corrected chi connectivity index (χ2v) is 5.10. The molecule has 2 heteroatoms. The van der Waals surface area contributed by atoms with E-state index in [0.29, 0.717) is 6.04 Å². The van der Waals surface area contributed by atoms with Crippen LogP contribution in [0.4, 0.5) is 0 Å². The quantitative estimate of drug-likeness (QED) is 0.818. The Hall–Kier alpha value is -0.860. The summed E-state index contributed by atoms with van der Waals surface area (Å²) in [7, 11) is 2.22. The Kier molecular flexibility index (Phi) is 3.97. The lowest BCUT2D eigenvalue weighted by Gasteiger charge is -2.35. The molecule has 2 nitrogen and oxygen atoms in total. The number of rotatable bonds is 5. The fourth-order valence-electron chi connectivity index (χ4n) is 2.43. The van der Waals surface area contributed by atoms with Crippen molar-refractivity contribution in [2.45, 2.75) is 25.3 Å². The van der Waals surface area contributed by atoms with Crippen LogP contribution in [0.15, 0.2) is 30.3 Å². The van der Waals surface area contributed by atoms with Crippen LogP contribution < -0.4 is 5.73 Å². The molecule has 0 aliphatic heterocycles. The molecule has 1 saturated carbocycles. The summed E-state index contributed by atoms with van der Waals surface area (Å²) in [4.78, 5) is 2.43. The number of hydrogen-bond acceptors (Lipinski definition) is 2. The van der Waals surface area contributed by atoms with E-state index in [-0.39, 0.29) is 0 Å². The van der Waals surface area contributed by atoms with Gasteiger partial charge in [-0.1, -0.05) is 30.3 Å². The van der Waals surface area contributed by atoms with E-state index in [4.69, 9.17) is 5.73 Å². The molecular weight excluding hydrogens is 196 g/mol. The van der Waals surface area contributed by atoms with Gasteiger partial charge in [0, 0.05) is 19.1 Å². The van der Waals surface area contributed by atoms with Crippen molar-refractivity contribution >= 4 is 0 Å². The predicted molar refractivity (Wildman–Crippen MR) is 68.3 cm³/mol. The summed E-state index contributed by atoms with van der Waals surface area (Å²) >= 11 is 0. The lowest BCUT2D eigenvalue weighted by Crippen LogP contribution is -2.42. The molecule has 0 aromatic heterocycles. The molecule has 0 saturated heterocycles. The number of likely N-dealkylation sites (N-methyl/N-ethyl adjacent to an activating group) is 1. The van der Waals surface area contributed by atoms with E-state index < -0.39 is 0 Å². The largest absolute Gasteiger partial charge is 0.328 e. The average Bonchev–Trinajstić information content (AvgIpc) is 2.26. The SMILES string of the molecule is CN(CCc1ccccc1)CC1CC(N)C1. The minimum atomic E-state index is 0.479. The zero-order valence-electron chi connectivity index (χ0n) is 10.1. The Morgan fingerprint density at radius 2 is 1.94 bits per heavy atom. The molecule has 0 unspecified atom stereocenters. The van der Waals surface area contributed by atoms with Crippen LogP contribution >= 0.6 is 0 Å². The maximum absolute atomic E-state index is 5.79. The van der Waals surface area contributed by atoms with Crippen LogP contribution in [0.5, 0.6) is 0 Å². The summed E-state index contributed by atoms with van der Waals surface area (Å²) in [6.07, 6.45) is 3.58. The minimum absolute atomic E-state index is 0.479. The monoisotopic (exact) mass is 218 g/mol. The van der Waals surface area contributed by atoms with Crippen molar-refractivity contribution in [3.63, 3.8) is 0 Å².